The number of furan rings is 1. The summed E-state index contributed by atoms with van der Waals surface area (Å²) in [5, 5.41) is 3.10. The maximum absolute atomic E-state index is 12.4. The van der Waals surface area contributed by atoms with Crippen LogP contribution in [0.2, 0.25) is 0 Å². The van der Waals surface area contributed by atoms with Gasteiger partial charge < -0.3 is 14.5 Å². The van der Waals surface area contributed by atoms with Crippen molar-refractivity contribution >= 4 is 23.2 Å². The minimum absolute atomic E-state index is 0.205. The van der Waals surface area contributed by atoms with Crippen LogP contribution >= 0.6 is 12.2 Å². The van der Waals surface area contributed by atoms with Gasteiger partial charge in [-0.1, -0.05) is 24.7 Å². The van der Waals surface area contributed by atoms with Crippen LogP contribution in [0.3, 0.4) is 0 Å². The molecule has 0 radical (unpaired) electrons. The number of ether oxygens (including phenoxy) is 1. The van der Waals surface area contributed by atoms with Gasteiger partial charge in [0.25, 0.3) is 0 Å². The number of likely N-dealkylation sites (N-methyl/N-ethyl adjacent to an activating group) is 1. The first-order chi connectivity index (χ1) is 11.7. The van der Waals surface area contributed by atoms with Gasteiger partial charge in [-0.3, -0.25) is 4.98 Å². The first-order valence-electron chi connectivity index (χ1n) is 8.05. The molecule has 0 unspecified atom stereocenters. The van der Waals surface area contributed by atoms with E-state index in [0.29, 0.717) is 4.99 Å². The van der Waals surface area contributed by atoms with E-state index in [2.05, 4.69) is 10.3 Å². The highest BCUT2D eigenvalue weighted by atomic mass is 32.1. The molecule has 6 heteroatoms. The summed E-state index contributed by atoms with van der Waals surface area (Å²) >= 11 is 5.65. The Morgan fingerprint density at radius 2 is 2.29 bits per heavy atom. The lowest BCUT2D eigenvalue weighted by atomic mass is 9.67. The summed E-state index contributed by atoms with van der Waals surface area (Å²) in [5.41, 5.74) is 0.417. The number of rotatable bonds is 4. The molecule has 2 heterocycles. The highest BCUT2D eigenvalue weighted by molar-refractivity contribution is 7.80. The summed E-state index contributed by atoms with van der Waals surface area (Å²) in [6, 6.07) is 7.16. The summed E-state index contributed by atoms with van der Waals surface area (Å²) in [7, 11) is 1.81. The van der Waals surface area contributed by atoms with Gasteiger partial charge in [0.2, 0.25) is 5.76 Å². The highest BCUT2D eigenvalue weighted by Gasteiger charge is 2.48. The van der Waals surface area contributed by atoms with E-state index in [1.807, 2.05) is 18.3 Å². The van der Waals surface area contributed by atoms with Gasteiger partial charge in [-0.2, -0.15) is 0 Å². The number of nitrogens with one attached hydrogen (secondary N) is 1. The molecule has 1 N–H and O–H groups in total. The molecular weight excluding hydrogens is 324 g/mol. The predicted molar refractivity (Wildman–Crippen MR) is 94.0 cm³/mol. The molecule has 3 rings (SSSR count). The summed E-state index contributed by atoms with van der Waals surface area (Å²) < 4.78 is 11.0. The molecule has 1 aliphatic rings. The number of aromatic nitrogens is 1. The van der Waals surface area contributed by atoms with Crippen LogP contribution in [-0.2, 0) is 10.2 Å². The first-order valence-corrected chi connectivity index (χ1v) is 8.46. The van der Waals surface area contributed by atoms with Crippen LogP contribution in [0, 0.1) is 0 Å². The SMILES string of the molecule is CNC(=S)[C@]1(c2cccnc2)CCCC[C@H]1OC(=O)c1ccco1. The number of thiocarbonyl (C=S) groups is 1. The average Bonchev–Trinajstić information content (AvgIpc) is 3.17. The lowest BCUT2D eigenvalue weighted by molar-refractivity contribution is 0.00126. The Morgan fingerprint density at radius 1 is 1.42 bits per heavy atom. The van der Waals surface area contributed by atoms with Gasteiger partial charge in [-0.25, -0.2) is 4.79 Å². The zero-order valence-electron chi connectivity index (χ0n) is 13.5. The van der Waals surface area contributed by atoms with E-state index in [-0.39, 0.29) is 11.9 Å². The molecule has 0 spiro atoms. The van der Waals surface area contributed by atoms with E-state index in [0.717, 1.165) is 31.2 Å². The van der Waals surface area contributed by atoms with Crippen LogP contribution < -0.4 is 5.32 Å². The van der Waals surface area contributed by atoms with Gasteiger partial charge in [0.15, 0.2) is 0 Å². The van der Waals surface area contributed by atoms with Gasteiger partial charge in [0.1, 0.15) is 6.10 Å². The largest absolute Gasteiger partial charge is 0.457 e. The maximum atomic E-state index is 12.4. The van der Waals surface area contributed by atoms with Gasteiger partial charge >= 0.3 is 5.97 Å². The Morgan fingerprint density at radius 3 is 2.96 bits per heavy atom. The molecule has 126 valence electrons. The molecule has 2 aromatic heterocycles. The van der Waals surface area contributed by atoms with E-state index in [4.69, 9.17) is 21.4 Å². The third-order valence-electron chi connectivity index (χ3n) is 4.62. The van der Waals surface area contributed by atoms with E-state index in [1.165, 1.54) is 6.26 Å². The number of nitrogens with zero attached hydrogens (tertiary/aromatic N) is 1. The van der Waals surface area contributed by atoms with Crippen molar-refractivity contribution in [2.45, 2.75) is 37.2 Å². The van der Waals surface area contributed by atoms with Crippen LogP contribution in [0.15, 0.2) is 47.3 Å². The number of hydrogen-bond acceptors (Lipinski definition) is 5. The molecule has 0 bridgehead atoms. The van der Waals surface area contributed by atoms with Crippen molar-refractivity contribution in [2.24, 2.45) is 0 Å². The summed E-state index contributed by atoms with van der Waals surface area (Å²) in [4.78, 5) is 17.3. The summed E-state index contributed by atoms with van der Waals surface area (Å²) in [6.07, 6.45) is 8.22. The fourth-order valence-electron chi connectivity index (χ4n) is 3.45. The normalized spacial score (nSPS) is 23.5. The fourth-order valence-corrected chi connectivity index (χ4v) is 3.80. The van der Waals surface area contributed by atoms with E-state index < -0.39 is 11.4 Å². The van der Waals surface area contributed by atoms with Gasteiger partial charge in [-0.15, -0.1) is 0 Å². The van der Waals surface area contributed by atoms with E-state index in [9.17, 15) is 4.79 Å². The molecule has 1 saturated carbocycles. The van der Waals surface area contributed by atoms with Crippen molar-refractivity contribution in [3.05, 3.63) is 54.2 Å². The second-order valence-corrected chi connectivity index (χ2v) is 6.32. The van der Waals surface area contributed by atoms with Crippen molar-refractivity contribution in [1.82, 2.24) is 10.3 Å². The second-order valence-electron chi connectivity index (χ2n) is 5.91. The molecule has 0 saturated heterocycles. The molecule has 24 heavy (non-hydrogen) atoms. The minimum Gasteiger partial charge on any atom is -0.457 e. The van der Waals surface area contributed by atoms with Gasteiger partial charge in [-0.05, 0) is 43.0 Å². The first kappa shape index (κ1) is 16.6. The molecule has 2 atom stereocenters. The standard InChI is InChI=1S/C18H20N2O3S/c1-19-17(24)18(13-6-4-10-20-12-13)9-3-2-8-15(18)23-16(21)14-7-5-11-22-14/h4-7,10-12,15H,2-3,8-9H2,1H3,(H,19,24)/t15-,18+/m1/s1. The van der Waals surface area contributed by atoms with E-state index >= 15 is 0 Å². The van der Waals surface area contributed by atoms with Crippen molar-refractivity contribution in [1.29, 1.82) is 0 Å². The predicted octanol–water partition coefficient (Wildman–Crippen LogP) is 3.26. The molecular formula is C18H20N2O3S. The lowest BCUT2D eigenvalue weighted by Gasteiger charge is -2.43. The monoisotopic (exact) mass is 344 g/mol. The molecule has 1 fully saturated rings. The summed E-state index contributed by atoms with van der Waals surface area (Å²) in [6.45, 7) is 0. The van der Waals surface area contributed by atoms with Crippen LogP contribution in [0.4, 0.5) is 0 Å². The number of carbonyl (C=O) groups excluding carboxylic acids is 1. The Bertz CT molecular complexity index is 702. The molecule has 5 nitrogen and oxygen atoms in total. The highest BCUT2D eigenvalue weighted by Crippen LogP contribution is 2.42. The topological polar surface area (TPSA) is 64.4 Å². The van der Waals surface area contributed by atoms with Crippen LogP contribution in [0.5, 0.6) is 0 Å². The van der Waals surface area contributed by atoms with Crippen molar-refractivity contribution in [2.75, 3.05) is 7.05 Å². The third-order valence-corrected chi connectivity index (χ3v) is 5.19. The zero-order valence-corrected chi connectivity index (χ0v) is 14.3. The minimum atomic E-state index is -0.557. The number of hydrogen-bond donors (Lipinski definition) is 1. The zero-order chi connectivity index (χ0) is 17.0. The van der Waals surface area contributed by atoms with Gasteiger partial charge in [0, 0.05) is 19.4 Å². The Kier molecular flexibility index (Phi) is 4.94. The van der Waals surface area contributed by atoms with Gasteiger partial charge in [0.05, 0.1) is 16.7 Å². The second kappa shape index (κ2) is 7.13. The average molecular weight is 344 g/mol. The molecule has 0 aliphatic heterocycles. The van der Waals surface area contributed by atoms with Crippen LogP contribution in [0.25, 0.3) is 0 Å². The lowest BCUT2D eigenvalue weighted by Crippen LogP contribution is -2.53. The Labute approximate surface area is 146 Å². The smallest absolute Gasteiger partial charge is 0.374 e. The quantitative estimate of drug-likeness (QED) is 0.678. The Balaban J connectivity index is 1.97. The molecule has 2 aromatic rings. The summed E-state index contributed by atoms with van der Waals surface area (Å²) in [5.74, 6) is -0.255. The number of carbonyl (C=O) groups is 1. The third kappa shape index (κ3) is 2.94. The maximum Gasteiger partial charge on any atom is 0.374 e. The van der Waals surface area contributed by atoms with Crippen LogP contribution in [0.1, 0.15) is 41.8 Å². The fraction of sp³-hybridized carbons (Fsp3) is 0.389. The van der Waals surface area contributed by atoms with Crippen molar-refractivity contribution < 1.29 is 13.9 Å². The van der Waals surface area contributed by atoms with E-state index in [1.54, 1.807) is 25.4 Å². The number of esters is 1. The van der Waals surface area contributed by atoms with Crippen molar-refractivity contribution in [3.63, 3.8) is 0 Å². The molecule has 0 aromatic carbocycles. The molecule has 1 aliphatic carbocycles. The molecule has 0 amide bonds. The number of pyridine rings is 1. The van der Waals surface area contributed by atoms with Crippen LogP contribution in [-0.4, -0.2) is 29.1 Å². The van der Waals surface area contributed by atoms with Crippen molar-refractivity contribution in [3.8, 4) is 0 Å². The Hall–Kier alpha value is -2.21.